The van der Waals surface area contributed by atoms with Crippen LogP contribution in [-0.2, 0) is 19.7 Å². The van der Waals surface area contributed by atoms with Crippen LogP contribution in [0.25, 0.3) is 0 Å². The summed E-state index contributed by atoms with van der Waals surface area (Å²) in [6, 6.07) is 12.6. The van der Waals surface area contributed by atoms with Crippen LogP contribution >= 0.6 is 0 Å². The van der Waals surface area contributed by atoms with Gasteiger partial charge in [0.25, 0.3) is 5.91 Å². The van der Waals surface area contributed by atoms with Crippen LogP contribution in [-0.4, -0.2) is 123 Å². The highest BCUT2D eigenvalue weighted by molar-refractivity contribution is 6.05. The molecule has 1 unspecified atom stereocenters. The second-order valence-electron chi connectivity index (χ2n) is 11.0. The molecule has 1 atom stereocenters. The topological polar surface area (TPSA) is 124 Å². The molecule has 3 aliphatic rings. The lowest BCUT2D eigenvalue weighted by Gasteiger charge is -2.36. The lowest BCUT2D eigenvalue weighted by Crippen LogP contribution is -2.52. The minimum Gasteiger partial charge on any atom is -0.497 e. The number of carbonyl (C=O) groups is 3. The van der Waals surface area contributed by atoms with E-state index < -0.39 is 11.4 Å². The van der Waals surface area contributed by atoms with Crippen LogP contribution in [0.5, 0.6) is 5.75 Å². The average molecular weight is 578 g/mol. The van der Waals surface area contributed by atoms with Crippen molar-refractivity contribution in [2.24, 2.45) is 4.99 Å². The van der Waals surface area contributed by atoms with E-state index in [1.807, 2.05) is 42.2 Å². The molecule has 224 valence electrons. The van der Waals surface area contributed by atoms with Gasteiger partial charge in [0.1, 0.15) is 5.75 Å². The molecular formula is C31H39N5O6. The Balaban J connectivity index is 1.14. The van der Waals surface area contributed by atoms with Crippen LogP contribution in [0.2, 0.25) is 0 Å². The fourth-order valence-electron chi connectivity index (χ4n) is 6.08. The number of aliphatic carboxylic acids is 1. The summed E-state index contributed by atoms with van der Waals surface area (Å²) in [4.78, 5) is 48.5. The summed E-state index contributed by atoms with van der Waals surface area (Å²) in [7, 11) is 1.58. The highest BCUT2D eigenvalue weighted by atomic mass is 16.5. The summed E-state index contributed by atoms with van der Waals surface area (Å²) in [6.45, 7) is 9.42. The fraction of sp³-hybridized carbons (Fsp3) is 0.484. The summed E-state index contributed by atoms with van der Waals surface area (Å²) in [6.07, 6.45) is -0.164. The Morgan fingerprint density at radius 3 is 2.36 bits per heavy atom. The third kappa shape index (κ3) is 6.33. The van der Waals surface area contributed by atoms with Crippen molar-refractivity contribution < 1.29 is 29.0 Å². The number of fused-ring (bicyclic) bond motifs is 1. The molecular weight excluding hydrogens is 538 g/mol. The van der Waals surface area contributed by atoms with E-state index in [2.05, 4.69) is 20.1 Å². The number of morpholine rings is 1. The van der Waals surface area contributed by atoms with Crippen molar-refractivity contribution in [2.75, 3.05) is 79.2 Å². The van der Waals surface area contributed by atoms with Gasteiger partial charge in [0.05, 0.1) is 44.4 Å². The minimum atomic E-state index is -0.945. The standard InChI is InChI=1S/C31H39N5O6/c1-22-31(20-29(38)39,26-19-25(41-2)7-8-27(26)33-22)24-5-3-23(4-6-24)30(40)32-9-10-34-11-13-35(14-12-34)21-28(37)36-15-17-42-18-16-36/h3-8,19H,9-18,20-21H2,1-2H3,(H,32,40)(H,38,39). The Kier molecular flexibility index (Phi) is 9.20. The molecule has 2 saturated heterocycles. The molecule has 11 heteroatoms. The van der Waals surface area contributed by atoms with Crippen molar-refractivity contribution in [2.45, 2.75) is 18.8 Å². The number of amides is 2. The van der Waals surface area contributed by atoms with Gasteiger partial charge in [0, 0.05) is 63.6 Å². The first-order chi connectivity index (χ1) is 20.3. The molecule has 2 aromatic rings. The Morgan fingerprint density at radius 2 is 1.69 bits per heavy atom. The molecule has 3 aliphatic heterocycles. The third-order valence-electron chi connectivity index (χ3n) is 8.53. The second-order valence-corrected chi connectivity index (χ2v) is 11.0. The average Bonchev–Trinajstić information content (AvgIpc) is 3.28. The third-order valence-corrected chi connectivity index (χ3v) is 8.53. The number of nitrogens with zero attached hydrogens (tertiary/aromatic N) is 4. The molecule has 11 nitrogen and oxygen atoms in total. The molecule has 2 amide bonds. The summed E-state index contributed by atoms with van der Waals surface area (Å²) in [5.41, 5.74) is 2.52. The van der Waals surface area contributed by atoms with Gasteiger partial charge in [-0.05, 0) is 48.4 Å². The van der Waals surface area contributed by atoms with Crippen LogP contribution in [0.3, 0.4) is 0 Å². The van der Waals surface area contributed by atoms with Crippen molar-refractivity contribution in [3.8, 4) is 5.75 Å². The van der Waals surface area contributed by atoms with Crippen LogP contribution in [0, 0.1) is 0 Å². The zero-order valence-corrected chi connectivity index (χ0v) is 24.3. The normalized spacial score (nSPS) is 21.0. The van der Waals surface area contributed by atoms with Gasteiger partial charge in [-0.15, -0.1) is 0 Å². The summed E-state index contributed by atoms with van der Waals surface area (Å²) in [5, 5.41) is 12.8. The van der Waals surface area contributed by atoms with E-state index in [9.17, 15) is 19.5 Å². The number of hydrogen-bond acceptors (Lipinski definition) is 8. The van der Waals surface area contributed by atoms with Crippen molar-refractivity contribution in [3.63, 3.8) is 0 Å². The van der Waals surface area contributed by atoms with Crippen LogP contribution < -0.4 is 10.1 Å². The quantitative estimate of drug-likeness (QED) is 0.438. The van der Waals surface area contributed by atoms with E-state index in [0.717, 1.165) is 49.5 Å². The highest BCUT2D eigenvalue weighted by Gasteiger charge is 2.45. The second kappa shape index (κ2) is 13.0. The number of methoxy groups -OCH3 is 1. The lowest BCUT2D eigenvalue weighted by atomic mass is 9.70. The Bertz CT molecular complexity index is 1330. The molecule has 2 aromatic carbocycles. The van der Waals surface area contributed by atoms with Crippen molar-refractivity contribution in [1.29, 1.82) is 0 Å². The molecule has 0 bridgehead atoms. The summed E-state index contributed by atoms with van der Waals surface area (Å²) < 4.78 is 10.7. The van der Waals surface area contributed by atoms with E-state index in [-0.39, 0.29) is 18.2 Å². The number of piperazine rings is 1. The number of aliphatic imine (C=N–C) groups is 1. The predicted molar refractivity (Wildman–Crippen MR) is 158 cm³/mol. The zero-order valence-electron chi connectivity index (χ0n) is 24.3. The Hall–Kier alpha value is -3.80. The molecule has 3 heterocycles. The van der Waals surface area contributed by atoms with Gasteiger partial charge in [-0.1, -0.05) is 12.1 Å². The maximum atomic E-state index is 12.9. The first-order valence-corrected chi connectivity index (χ1v) is 14.4. The molecule has 42 heavy (non-hydrogen) atoms. The van der Waals surface area contributed by atoms with Gasteiger partial charge in [-0.25, -0.2) is 0 Å². The maximum Gasteiger partial charge on any atom is 0.304 e. The monoisotopic (exact) mass is 577 g/mol. The number of ether oxygens (including phenoxy) is 2. The Labute approximate surface area is 246 Å². The Morgan fingerprint density at radius 1 is 1.00 bits per heavy atom. The van der Waals surface area contributed by atoms with Crippen molar-refractivity contribution in [3.05, 3.63) is 59.2 Å². The number of benzene rings is 2. The largest absolute Gasteiger partial charge is 0.497 e. The number of carboxylic acids is 1. The van der Waals surface area contributed by atoms with Crippen LogP contribution in [0.4, 0.5) is 5.69 Å². The van der Waals surface area contributed by atoms with Gasteiger partial charge in [-0.2, -0.15) is 0 Å². The zero-order chi connectivity index (χ0) is 29.7. The first-order valence-electron chi connectivity index (χ1n) is 14.4. The predicted octanol–water partition coefficient (Wildman–Crippen LogP) is 1.77. The van der Waals surface area contributed by atoms with Crippen molar-refractivity contribution >= 4 is 29.2 Å². The minimum absolute atomic E-state index is 0.164. The van der Waals surface area contributed by atoms with Gasteiger partial charge in [-0.3, -0.25) is 29.2 Å². The number of hydrogen-bond donors (Lipinski definition) is 2. The van der Waals surface area contributed by atoms with Gasteiger partial charge < -0.3 is 24.8 Å². The number of carbonyl (C=O) groups excluding carboxylic acids is 2. The van der Waals surface area contributed by atoms with E-state index >= 15 is 0 Å². The van der Waals surface area contributed by atoms with Gasteiger partial charge in [0.2, 0.25) is 5.91 Å². The number of nitrogens with one attached hydrogen (secondary N) is 1. The number of rotatable bonds is 10. The van der Waals surface area contributed by atoms with E-state index in [1.54, 1.807) is 19.2 Å². The van der Waals surface area contributed by atoms with E-state index in [0.29, 0.717) is 56.4 Å². The number of carboxylic acid groups (broad SMARTS) is 1. The lowest BCUT2D eigenvalue weighted by molar-refractivity contribution is -0.138. The van der Waals surface area contributed by atoms with E-state index in [1.165, 1.54) is 0 Å². The molecule has 2 fully saturated rings. The molecule has 0 radical (unpaired) electrons. The van der Waals surface area contributed by atoms with E-state index in [4.69, 9.17) is 9.47 Å². The van der Waals surface area contributed by atoms with Crippen LogP contribution in [0.1, 0.15) is 34.8 Å². The molecule has 0 spiro atoms. The van der Waals surface area contributed by atoms with Gasteiger partial charge >= 0.3 is 5.97 Å². The van der Waals surface area contributed by atoms with Crippen LogP contribution in [0.15, 0.2) is 47.5 Å². The molecule has 0 aliphatic carbocycles. The fourth-order valence-corrected chi connectivity index (χ4v) is 6.08. The summed E-state index contributed by atoms with van der Waals surface area (Å²) in [5.74, 6) is -0.320. The maximum absolute atomic E-state index is 12.9. The molecule has 0 aromatic heterocycles. The molecule has 5 rings (SSSR count). The van der Waals surface area contributed by atoms with Crippen molar-refractivity contribution in [1.82, 2.24) is 20.0 Å². The highest BCUT2D eigenvalue weighted by Crippen LogP contribution is 2.48. The summed E-state index contributed by atoms with van der Waals surface area (Å²) >= 11 is 0. The van der Waals surface area contributed by atoms with Gasteiger partial charge in [0.15, 0.2) is 0 Å². The molecule has 0 saturated carbocycles. The SMILES string of the molecule is COc1ccc2c(c1)C(CC(=O)O)(c1ccc(C(=O)NCCN3CCN(CC(=O)N4CCOCC4)CC3)cc1)C(C)=N2. The smallest absolute Gasteiger partial charge is 0.304 e. The molecule has 2 N–H and O–H groups in total. The first kappa shape index (κ1) is 29.7.